The average Bonchev–Trinajstić information content (AvgIpc) is 3.20. The van der Waals surface area contributed by atoms with Gasteiger partial charge in [0, 0.05) is 24.4 Å². The van der Waals surface area contributed by atoms with E-state index in [0.717, 1.165) is 28.4 Å². The molecule has 1 aliphatic heterocycles. The van der Waals surface area contributed by atoms with Gasteiger partial charge < -0.3 is 15.3 Å². The Morgan fingerprint density at radius 1 is 1.38 bits per heavy atom. The molecule has 0 saturated carbocycles. The van der Waals surface area contributed by atoms with Gasteiger partial charge >= 0.3 is 5.97 Å². The summed E-state index contributed by atoms with van der Waals surface area (Å²) in [6.45, 7) is 0.0117. The molecule has 1 saturated heterocycles. The summed E-state index contributed by atoms with van der Waals surface area (Å²) in [5.41, 5.74) is -0.175. The number of benzene rings is 1. The van der Waals surface area contributed by atoms with Gasteiger partial charge in [0.15, 0.2) is 5.69 Å². The first-order valence-corrected chi connectivity index (χ1v) is 8.44. The molecule has 2 amide bonds. The minimum Gasteiger partial charge on any atom is -0.476 e. The Balaban J connectivity index is 1.62. The third-order valence-electron chi connectivity index (χ3n) is 3.88. The molecule has 1 aliphatic rings. The molecule has 2 aromatic rings. The fraction of sp³-hybridized carbons (Fsp3) is 0.250. The zero-order valence-electron chi connectivity index (χ0n) is 13.2. The van der Waals surface area contributed by atoms with Crippen molar-refractivity contribution in [1.82, 2.24) is 10.3 Å². The SMILES string of the molecule is O=C(O)c1csc(CNC(=O)C2CC(=O)N(c3ccc(F)cc3F)C2)n1. The molecule has 10 heteroatoms. The lowest BCUT2D eigenvalue weighted by Gasteiger charge is -2.17. The minimum atomic E-state index is -1.16. The Morgan fingerprint density at radius 2 is 2.15 bits per heavy atom. The summed E-state index contributed by atoms with van der Waals surface area (Å²) < 4.78 is 26.9. The van der Waals surface area contributed by atoms with E-state index in [2.05, 4.69) is 10.3 Å². The minimum absolute atomic E-state index is 0.0224. The summed E-state index contributed by atoms with van der Waals surface area (Å²) in [6.07, 6.45) is -0.0963. The maximum Gasteiger partial charge on any atom is 0.355 e. The number of nitrogens with zero attached hydrogens (tertiary/aromatic N) is 2. The van der Waals surface area contributed by atoms with Gasteiger partial charge in [-0.2, -0.15) is 0 Å². The second-order valence-electron chi connectivity index (χ2n) is 5.65. The molecule has 1 unspecified atom stereocenters. The number of thiazole rings is 1. The van der Waals surface area contributed by atoms with Gasteiger partial charge in [-0.25, -0.2) is 18.6 Å². The third kappa shape index (κ3) is 3.69. The molecule has 0 bridgehead atoms. The molecule has 1 fully saturated rings. The number of aromatic nitrogens is 1. The number of carbonyl (C=O) groups excluding carboxylic acids is 2. The van der Waals surface area contributed by atoms with E-state index in [1.165, 1.54) is 5.38 Å². The standard InChI is InChI=1S/C16H13F2N3O4S/c17-9-1-2-12(10(18)4-9)21-6-8(3-14(21)22)15(23)19-5-13-20-11(7-26-13)16(24)25/h1-2,4,7-8H,3,5-6H2,(H,19,23)(H,24,25). The highest BCUT2D eigenvalue weighted by atomic mass is 32.1. The molecule has 0 spiro atoms. The van der Waals surface area contributed by atoms with Crippen LogP contribution in [0.2, 0.25) is 0 Å². The van der Waals surface area contributed by atoms with Gasteiger partial charge in [0.05, 0.1) is 18.2 Å². The average molecular weight is 381 g/mol. The molecule has 0 aliphatic carbocycles. The lowest BCUT2D eigenvalue weighted by molar-refractivity contribution is -0.126. The molecule has 7 nitrogen and oxygen atoms in total. The molecule has 0 radical (unpaired) electrons. The first kappa shape index (κ1) is 17.9. The fourth-order valence-corrected chi connectivity index (χ4v) is 3.32. The number of aromatic carboxylic acids is 1. The second kappa shape index (κ2) is 7.16. The number of carboxylic acid groups (broad SMARTS) is 1. The molecule has 1 aromatic heterocycles. The van der Waals surface area contributed by atoms with Crippen molar-refractivity contribution in [3.05, 3.63) is 45.9 Å². The van der Waals surface area contributed by atoms with Gasteiger partial charge in [0.1, 0.15) is 16.6 Å². The van der Waals surface area contributed by atoms with Crippen LogP contribution in [0, 0.1) is 17.6 Å². The molecule has 136 valence electrons. The van der Waals surface area contributed by atoms with Crippen molar-refractivity contribution in [3.63, 3.8) is 0 Å². The summed E-state index contributed by atoms with van der Waals surface area (Å²) in [7, 11) is 0. The monoisotopic (exact) mass is 381 g/mol. The van der Waals surface area contributed by atoms with Crippen molar-refractivity contribution >= 4 is 34.8 Å². The normalized spacial score (nSPS) is 16.8. The smallest absolute Gasteiger partial charge is 0.355 e. The fourth-order valence-electron chi connectivity index (χ4n) is 2.61. The third-order valence-corrected chi connectivity index (χ3v) is 4.73. The number of rotatable bonds is 5. The summed E-state index contributed by atoms with van der Waals surface area (Å²) in [6, 6.07) is 2.88. The molecule has 2 N–H and O–H groups in total. The predicted molar refractivity (Wildman–Crippen MR) is 87.7 cm³/mol. The number of anilines is 1. The van der Waals surface area contributed by atoms with E-state index in [1.807, 2.05) is 0 Å². The van der Waals surface area contributed by atoms with E-state index in [9.17, 15) is 23.2 Å². The highest BCUT2D eigenvalue weighted by Crippen LogP contribution is 2.28. The first-order valence-electron chi connectivity index (χ1n) is 7.56. The number of hydrogen-bond acceptors (Lipinski definition) is 5. The van der Waals surface area contributed by atoms with Crippen LogP contribution in [0.3, 0.4) is 0 Å². The zero-order chi connectivity index (χ0) is 18.8. The van der Waals surface area contributed by atoms with Gasteiger partial charge in [0.25, 0.3) is 0 Å². The molecule has 1 atom stereocenters. The van der Waals surface area contributed by atoms with Gasteiger partial charge in [-0.1, -0.05) is 0 Å². The predicted octanol–water partition coefficient (Wildman–Crippen LogP) is 1.79. The van der Waals surface area contributed by atoms with E-state index in [1.54, 1.807) is 0 Å². The van der Waals surface area contributed by atoms with E-state index in [0.29, 0.717) is 11.1 Å². The zero-order valence-corrected chi connectivity index (χ0v) is 14.1. The number of amides is 2. The highest BCUT2D eigenvalue weighted by Gasteiger charge is 2.36. The first-order chi connectivity index (χ1) is 12.3. The number of carboxylic acids is 1. The maximum atomic E-state index is 13.9. The van der Waals surface area contributed by atoms with Crippen LogP contribution in [0.1, 0.15) is 21.9 Å². The molecule has 26 heavy (non-hydrogen) atoms. The Labute approximate surface area is 150 Å². The van der Waals surface area contributed by atoms with Crippen molar-refractivity contribution in [2.45, 2.75) is 13.0 Å². The van der Waals surface area contributed by atoms with Crippen LogP contribution in [-0.4, -0.2) is 34.4 Å². The van der Waals surface area contributed by atoms with Gasteiger partial charge in [-0.3, -0.25) is 9.59 Å². The van der Waals surface area contributed by atoms with Crippen LogP contribution in [-0.2, 0) is 16.1 Å². The second-order valence-corrected chi connectivity index (χ2v) is 6.59. The summed E-state index contributed by atoms with van der Waals surface area (Å²) in [4.78, 5) is 40.1. The molecule has 3 rings (SSSR count). The van der Waals surface area contributed by atoms with Crippen molar-refractivity contribution in [3.8, 4) is 0 Å². The summed E-state index contributed by atoms with van der Waals surface area (Å²) in [5, 5.41) is 13.2. The molecular weight excluding hydrogens is 368 g/mol. The largest absolute Gasteiger partial charge is 0.476 e. The molecule has 2 heterocycles. The van der Waals surface area contributed by atoms with Crippen LogP contribution in [0.15, 0.2) is 23.6 Å². The molecular formula is C16H13F2N3O4S. The number of carbonyl (C=O) groups is 3. The van der Waals surface area contributed by atoms with Crippen LogP contribution in [0.5, 0.6) is 0 Å². The Hall–Kier alpha value is -2.88. The van der Waals surface area contributed by atoms with Gasteiger partial charge in [-0.05, 0) is 12.1 Å². The van der Waals surface area contributed by atoms with Crippen molar-refractivity contribution in [1.29, 1.82) is 0 Å². The number of nitrogens with one attached hydrogen (secondary N) is 1. The summed E-state index contributed by atoms with van der Waals surface area (Å²) in [5.74, 6) is -4.32. The van der Waals surface area contributed by atoms with Crippen LogP contribution >= 0.6 is 11.3 Å². The van der Waals surface area contributed by atoms with Crippen LogP contribution < -0.4 is 10.2 Å². The lowest BCUT2D eigenvalue weighted by Crippen LogP contribution is -2.32. The molecule has 1 aromatic carbocycles. The number of halogens is 2. The van der Waals surface area contributed by atoms with Crippen LogP contribution in [0.4, 0.5) is 14.5 Å². The van der Waals surface area contributed by atoms with E-state index < -0.39 is 35.3 Å². The van der Waals surface area contributed by atoms with Gasteiger partial charge in [-0.15, -0.1) is 11.3 Å². The maximum absolute atomic E-state index is 13.9. The van der Waals surface area contributed by atoms with Crippen molar-refractivity contribution in [2.24, 2.45) is 5.92 Å². The van der Waals surface area contributed by atoms with Crippen molar-refractivity contribution in [2.75, 3.05) is 11.4 Å². The topological polar surface area (TPSA) is 99.6 Å². The van der Waals surface area contributed by atoms with Gasteiger partial charge in [0.2, 0.25) is 11.8 Å². The highest BCUT2D eigenvalue weighted by molar-refractivity contribution is 7.09. The Kier molecular flexibility index (Phi) is 4.94. The number of hydrogen-bond donors (Lipinski definition) is 2. The summed E-state index contributed by atoms with van der Waals surface area (Å²) >= 11 is 1.09. The lowest BCUT2D eigenvalue weighted by atomic mass is 10.1. The van der Waals surface area contributed by atoms with E-state index >= 15 is 0 Å². The van der Waals surface area contributed by atoms with Crippen LogP contribution in [0.25, 0.3) is 0 Å². The Morgan fingerprint density at radius 3 is 2.81 bits per heavy atom. The van der Waals surface area contributed by atoms with E-state index in [-0.39, 0.29) is 30.9 Å². The van der Waals surface area contributed by atoms with E-state index in [4.69, 9.17) is 5.11 Å². The van der Waals surface area contributed by atoms with Crippen molar-refractivity contribution < 1.29 is 28.3 Å². The Bertz CT molecular complexity index is 886. The quantitative estimate of drug-likeness (QED) is 0.823.